The molecule has 0 radical (unpaired) electrons. The molecule has 2 aromatic carbocycles. The van der Waals surface area contributed by atoms with Gasteiger partial charge >= 0.3 is 6.18 Å². The highest BCUT2D eigenvalue weighted by atomic mass is 19.4. The number of aliphatic hydroxyl groups is 1. The molecule has 0 fully saturated rings. The van der Waals surface area contributed by atoms with Crippen LogP contribution in [0, 0.1) is 0 Å². The van der Waals surface area contributed by atoms with Gasteiger partial charge in [0.05, 0.1) is 25.8 Å². The van der Waals surface area contributed by atoms with Gasteiger partial charge in [-0.1, -0.05) is 30.3 Å². The fourth-order valence-corrected chi connectivity index (χ4v) is 3.77. The molecule has 0 saturated carbocycles. The van der Waals surface area contributed by atoms with Crippen LogP contribution in [0.1, 0.15) is 46.5 Å². The van der Waals surface area contributed by atoms with Crippen molar-refractivity contribution in [2.75, 3.05) is 13.7 Å². The number of methoxy groups -OCH3 is 1. The number of fused-ring (bicyclic) bond motifs is 1. The van der Waals surface area contributed by atoms with Crippen LogP contribution in [0.5, 0.6) is 5.75 Å². The maximum atomic E-state index is 13.3. The Bertz CT molecular complexity index is 1390. The molecule has 1 amide bonds. The van der Waals surface area contributed by atoms with E-state index in [1.54, 1.807) is 37.3 Å². The van der Waals surface area contributed by atoms with E-state index in [1.165, 1.54) is 19.2 Å². The predicted octanol–water partition coefficient (Wildman–Crippen LogP) is 4.40. The molecule has 4 rings (SSSR count). The summed E-state index contributed by atoms with van der Waals surface area (Å²) >= 11 is 0. The van der Waals surface area contributed by atoms with Gasteiger partial charge in [0.15, 0.2) is 11.5 Å². The van der Waals surface area contributed by atoms with Gasteiger partial charge in [-0.2, -0.15) is 13.2 Å². The van der Waals surface area contributed by atoms with E-state index in [2.05, 4.69) is 15.3 Å². The van der Waals surface area contributed by atoms with Gasteiger partial charge in [-0.3, -0.25) is 4.79 Å². The molecule has 36 heavy (non-hydrogen) atoms. The number of hydrogen-bond donors (Lipinski definition) is 3. The maximum Gasteiger partial charge on any atom is 0.433 e. The zero-order valence-electron chi connectivity index (χ0n) is 19.3. The van der Waals surface area contributed by atoms with Gasteiger partial charge < -0.3 is 25.3 Å². The summed E-state index contributed by atoms with van der Waals surface area (Å²) in [6.07, 6.45) is -4.65. The SMILES string of the molecule is COc1ccc(-c2nc(C(=O)N[C@H](CO)c3ccccc3)c([C@@H](C)N)o2)c2ccc(C(F)(F)F)nc12. The number of aromatic nitrogens is 2. The van der Waals surface area contributed by atoms with Gasteiger partial charge in [-0.05, 0) is 36.8 Å². The summed E-state index contributed by atoms with van der Waals surface area (Å²) in [6, 6.07) is 12.5. The second-order valence-corrected chi connectivity index (χ2v) is 8.05. The van der Waals surface area contributed by atoms with E-state index in [4.69, 9.17) is 14.9 Å². The highest BCUT2D eigenvalue weighted by molar-refractivity contribution is 5.98. The zero-order valence-corrected chi connectivity index (χ0v) is 19.3. The van der Waals surface area contributed by atoms with Gasteiger partial charge in [0.1, 0.15) is 17.0 Å². The Morgan fingerprint density at radius 3 is 2.47 bits per heavy atom. The normalized spacial score (nSPS) is 13.4. The Hall–Kier alpha value is -3.96. The number of pyridine rings is 1. The predicted molar refractivity (Wildman–Crippen MR) is 125 cm³/mol. The van der Waals surface area contributed by atoms with Gasteiger partial charge in [-0.25, -0.2) is 9.97 Å². The lowest BCUT2D eigenvalue weighted by Gasteiger charge is -2.16. The van der Waals surface area contributed by atoms with E-state index in [0.717, 1.165) is 6.07 Å². The molecule has 8 nitrogen and oxygen atoms in total. The first kappa shape index (κ1) is 25.1. The van der Waals surface area contributed by atoms with Crippen molar-refractivity contribution in [3.05, 3.63) is 77.3 Å². The van der Waals surface area contributed by atoms with Crippen LogP contribution in [0.15, 0.2) is 59.0 Å². The standard InChI is InChI=1S/C25H23F3N4O4/c1-13(29)22-21(23(34)30-17(12-33)14-6-4-3-5-7-14)32-24(36-22)16-8-10-18(35-2)20-15(16)9-11-19(31-20)25(26,27)28/h3-11,13,17,33H,12,29H2,1-2H3,(H,30,34)/t13-,17-/m1/s1. The topological polar surface area (TPSA) is 124 Å². The van der Waals surface area contributed by atoms with Crippen molar-refractivity contribution in [1.82, 2.24) is 15.3 Å². The van der Waals surface area contributed by atoms with E-state index in [0.29, 0.717) is 11.1 Å². The third-order valence-electron chi connectivity index (χ3n) is 5.53. The molecular weight excluding hydrogens is 477 g/mol. The van der Waals surface area contributed by atoms with Crippen molar-refractivity contribution >= 4 is 16.8 Å². The number of rotatable bonds is 7. The van der Waals surface area contributed by atoms with Crippen molar-refractivity contribution in [2.24, 2.45) is 5.73 Å². The quantitative estimate of drug-likeness (QED) is 0.344. The number of hydrogen-bond acceptors (Lipinski definition) is 7. The summed E-state index contributed by atoms with van der Waals surface area (Å²) in [5, 5.41) is 12.8. The van der Waals surface area contributed by atoms with Crippen LogP contribution >= 0.6 is 0 Å². The number of amides is 1. The molecule has 2 atom stereocenters. The fraction of sp³-hybridized carbons (Fsp3) is 0.240. The number of benzene rings is 2. The van der Waals surface area contributed by atoms with Crippen molar-refractivity contribution in [3.63, 3.8) is 0 Å². The number of nitrogens with one attached hydrogen (secondary N) is 1. The molecule has 0 spiro atoms. The molecule has 4 N–H and O–H groups in total. The van der Waals surface area contributed by atoms with Crippen LogP contribution in [-0.4, -0.2) is 34.7 Å². The molecule has 0 aliphatic rings. The second kappa shape index (κ2) is 9.96. The average Bonchev–Trinajstić information content (AvgIpc) is 3.32. The first-order chi connectivity index (χ1) is 17.1. The number of carbonyl (C=O) groups excluding carboxylic acids is 1. The fourth-order valence-electron chi connectivity index (χ4n) is 3.77. The molecular formula is C25H23F3N4O4. The van der Waals surface area contributed by atoms with Crippen molar-refractivity contribution in [3.8, 4) is 17.2 Å². The second-order valence-electron chi connectivity index (χ2n) is 8.05. The van der Waals surface area contributed by atoms with E-state index in [9.17, 15) is 23.1 Å². The molecule has 2 heterocycles. The number of nitrogens with two attached hydrogens (primary N) is 1. The van der Waals surface area contributed by atoms with Crippen molar-refractivity contribution in [2.45, 2.75) is 25.2 Å². The Morgan fingerprint density at radius 1 is 1.14 bits per heavy atom. The molecule has 0 aliphatic heterocycles. The Balaban J connectivity index is 1.78. The van der Waals surface area contributed by atoms with Crippen molar-refractivity contribution in [1.29, 1.82) is 0 Å². The van der Waals surface area contributed by atoms with E-state index in [1.807, 2.05) is 6.07 Å². The van der Waals surface area contributed by atoms with E-state index >= 15 is 0 Å². The van der Waals surface area contributed by atoms with Crippen LogP contribution in [0.3, 0.4) is 0 Å². The molecule has 0 saturated heterocycles. The Morgan fingerprint density at radius 2 is 1.86 bits per heavy atom. The largest absolute Gasteiger partial charge is 0.494 e. The summed E-state index contributed by atoms with van der Waals surface area (Å²) in [5.74, 6) is -0.445. The lowest BCUT2D eigenvalue weighted by molar-refractivity contribution is -0.140. The van der Waals surface area contributed by atoms with Gasteiger partial charge in [0.2, 0.25) is 5.89 Å². The summed E-state index contributed by atoms with van der Waals surface area (Å²) in [6.45, 7) is 1.25. The minimum Gasteiger partial charge on any atom is -0.494 e. The molecule has 0 bridgehead atoms. The molecule has 2 aromatic heterocycles. The van der Waals surface area contributed by atoms with Gasteiger partial charge in [0, 0.05) is 10.9 Å². The van der Waals surface area contributed by atoms with Gasteiger partial charge in [-0.15, -0.1) is 0 Å². The van der Waals surface area contributed by atoms with Crippen LogP contribution in [0.25, 0.3) is 22.4 Å². The first-order valence-corrected chi connectivity index (χ1v) is 10.9. The lowest BCUT2D eigenvalue weighted by atomic mass is 10.1. The highest BCUT2D eigenvalue weighted by Gasteiger charge is 2.33. The molecule has 0 aliphatic carbocycles. The van der Waals surface area contributed by atoms with Crippen molar-refractivity contribution < 1.29 is 32.2 Å². The number of nitrogens with zero attached hydrogens (tertiary/aromatic N) is 2. The number of carbonyl (C=O) groups is 1. The first-order valence-electron chi connectivity index (χ1n) is 10.9. The Labute approximate surface area is 203 Å². The van der Waals surface area contributed by atoms with E-state index in [-0.39, 0.29) is 40.6 Å². The third kappa shape index (κ3) is 4.88. The van der Waals surface area contributed by atoms with E-state index < -0.39 is 29.9 Å². The molecule has 188 valence electrons. The minimum atomic E-state index is -4.65. The number of oxazole rings is 1. The summed E-state index contributed by atoms with van der Waals surface area (Å²) in [7, 11) is 1.32. The number of aliphatic hydroxyl groups excluding tert-OH is 1. The zero-order chi connectivity index (χ0) is 26.0. The highest BCUT2D eigenvalue weighted by Crippen LogP contribution is 2.37. The Kier molecular flexibility index (Phi) is 6.95. The molecule has 4 aromatic rings. The summed E-state index contributed by atoms with van der Waals surface area (Å²) in [4.78, 5) is 21.2. The summed E-state index contributed by atoms with van der Waals surface area (Å²) in [5.41, 5.74) is 5.79. The third-order valence-corrected chi connectivity index (χ3v) is 5.53. The molecule has 0 unspecified atom stereocenters. The van der Waals surface area contributed by atoms with Gasteiger partial charge in [0.25, 0.3) is 5.91 Å². The van der Waals surface area contributed by atoms with Crippen LogP contribution < -0.4 is 15.8 Å². The summed E-state index contributed by atoms with van der Waals surface area (Å²) < 4.78 is 50.8. The van der Waals surface area contributed by atoms with Crippen LogP contribution in [0.2, 0.25) is 0 Å². The van der Waals surface area contributed by atoms with Crippen LogP contribution in [0.4, 0.5) is 13.2 Å². The lowest BCUT2D eigenvalue weighted by Crippen LogP contribution is -2.32. The minimum absolute atomic E-state index is 0.0260. The number of halogens is 3. The van der Waals surface area contributed by atoms with Crippen LogP contribution in [-0.2, 0) is 6.18 Å². The average molecular weight is 500 g/mol. The number of ether oxygens (including phenoxy) is 1. The number of alkyl halides is 3. The smallest absolute Gasteiger partial charge is 0.433 e. The monoisotopic (exact) mass is 500 g/mol. The maximum absolute atomic E-state index is 13.3. The molecule has 11 heteroatoms.